The zero-order chi connectivity index (χ0) is 18.5. The third-order valence-corrected chi connectivity index (χ3v) is 6.73. The Labute approximate surface area is 161 Å². The van der Waals surface area contributed by atoms with Crippen LogP contribution in [0.25, 0.3) is 5.65 Å². The number of hydrogen-bond donors (Lipinski definition) is 0. The Balaban J connectivity index is 1.50. The summed E-state index contributed by atoms with van der Waals surface area (Å²) < 4.78 is 7.56. The first kappa shape index (κ1) is 17.5. The average molecular weight is 438 g/mol. The third-order valence-electron chi connectivity index (χ3n) is 4.76. The first-order valence-electron chi connectivity index (χ1n) is 8.18. The molecule has 7 nitrogen and oxygen atoms in total. The monoisotopic (exact) mass is 437 g/mol. The highest BCUT2D eigenvalue weighted by Crippen LogP contribution is 2.47. The number of amides is 1. The topological polar surface area (TPSA) is 81.0 Å². The van der Waals surface area contributed by atoms with E-state index in [-0.39, 0.29) is 22.9 Å². The molecule has 2 aliphatic rings. The molecule has 1 amide bonds. The second kappa shape index (κ2) is 6.38. The van der Waals surface area contributed by atoms with Gasteiger partial charge >= 0.3 is 5.97 Å². The van der Waals surface area contributed by atoms with Crippen molar-refractivity contribution in [2.45, 2.75) is 37.3 Å². The molecule has 2 aromatic heterocycles. The number of hydrogen-bond acceptors (Lipinski definition) is 6. The van der Waals surface area contributed by atoms with E-state index in [1.165, 1.54) is 10.5 Å². The molecule has 0 N–H and O–H groups in total. The van der Waals surface area contributed by atoms with Crippen molar-refractivity contribution in [1.82, 2.24) is 14.3 Å². The minimum Gasteiger partial charge on any atom is -0.458 e. The van der Waals surface area contributed by atoms with Gasteiger partial charge in [0, 0.05) is 28.9 Å². The smallest absolute Gasteiger partial charge is 0.330 e. The molecule has 4 rings (SSSR count). The molecule has 2 fully saturated rings. The molecule has 2 atom stereocenters. The molecule has 0 aliphatic carbocycles. The predicted molar refractivity (Wildman–Crippen MR) is 99.7 cm³/mol. The van der Waals surface area contributed by atoms with E-state index in [4.69, 9.17) is 4.74 Å². The van der Waals surface area contributed by atoms with E-state index < -0.39 is 12.0 Å². The number of carbonyl (C=O) groups excluding carboxylic acids is 2. The van der Waals surface area contributed by atoms with Gasteiger partial charge in [0.1, 0.15) is 18.3 Å². The summed E-state index contributed by atoms with van der Waals surface area (Å²) in [5.74, 6) is 0.0736. The van der Waals surface area contributed by atoms with Crippen LogP contribution in [0.5, 0.6) is 0 Å². The van der Waals surface area contributed by atoms with E-state index in [2.05, 4.69) is 20.9 Å². The third kappa shape index (κ3) is 2.92. The first-order chi connectivity index (χ1) is 12.4. The van der Waals surface area contributed by atoms with Crippen molar-refractivity contribution in [1.29, 1.82) is 0 Å². The lowest BCUT2D eigenvalue weighted by molar-refractivity contribution is -0.154. The fourth-order valence-corrected chi connectivity index (χ4v) is 5.19. The van der Waals surface area contributed by atoms with E-state index in [0.717, 1.165) is 10.9 Å². The van der Waals surface area contributed by atoms with Gasteiger partial charge in [-0.3, -0.25) is 14.0 Å². The fraction of sp³-hybridized carbons (Fsp3) is 0.412. The molecule has 2 aromatic rings. The van der Waals surface area contributed by atoms with Crippen molar-refractivity contribution in [2.75, 3.05) is 5.75 Å². The number of aromatic nitrogens is 2. The molecule has 2 unspecified atom stereocenters. The summed E-state index contributed by atoms with van der Waals surface area (Å²) >= 11 is 4.93. The van der Waals surface area contributed by atoms with Crippen molar-refractivity contribution in [3.8, 4) is 0 Å². The van der Waals surface area contributed by atoms with Gasteiger partial charge in [-0.2, -0.15) is 0 Å². The van der Waals surface area contributed by atoms with Crippen LogP contribution in [0.2, 0.25) is 0 Å². The van der Waals surface area contributed by atoms with Gasteiger partial charge in [0.15, 0.2) is 0 Å². The maximum atomic E-state index is 12.5. The second-order valence-corrected chi connectivity index (χ2v) is 8.95. The number of fused-ring (bicyclic) bond motifs is 2. The summed E-state index contributed by atoms with van der Waals surface area (Å²) in [4.78, 5) is 42.5. The number of ether oxygens (including phenoxy) is 1. The Morgan fingerprint density at radius 1 is 1.46 bits per heavy atom. The molecule has 0 radical (unpaired) electrons. The van der Waals surface area contributed by atoms with Gasteiger partial charge in [0.05, 0.1) is 10.6 Å². The molecule has 0 aromatic carbocycles. The summed E-state index contributed by atoms with van der Waals surface area (Å²) in [6.07, 6.45) is 2.85. The molecule has 0 bridgehead atoms. The van der Waals surface area contributed by atoms with Gasteiger partial charge in [0.2, 0.25) is 5.91 Å². The number of pyridine rings is 1. The van der Waals surface area contributed by atoms with Crippen molar-refractivity contribution in [3.05, 3.63) is 44.9 Å². The maximum absolute atomic E-state index is 12.5. The standard InChI is InChI=1S/C17H16BrN3O4S/c1-17-5-4-14(22)21(17)12(9-26-17)16(24)25-8-11-6-15(23)20-7-10(18)2-3-13(20)19-11/h2-3,6-7,12H,4-5,8-9H2,1H3. The molecule has 2 aliphatic heterocycles. The van der Waals surface area contributed by atoms with Crippen LogP contribution in [0.3, 0.4) is 0 Å². The largest absolute Gasteiger partial charge is 0.458 e. The van der Waals surface area contributed by atoms with Crippen molar-refractivity contribution >= 4 is 45.2 Å². The van der Waals surface area contributed by atoms with E-state index in [0.29, 0.717) is 23.5 Å². The summed E-state index contributed by atoms with van der Waals surface area (Å²) in [7, 11) is 0. The Morgan fingerprint density at radius 2 is 2.27 bits per heavy atom. The number of rotatable bonds is 3. The lowest BCUT2D eigenvalue weighted by Crippen LogP contribution is -2.46. The van der Waals surface area contributed by atoms with Crippen LogP contribution in [0.1, 0.15) is 25.5 Å². The first-order valence-corrected chi connectivity index (χ1v) is 9.96. The van der Waals surface area contributed by atoms with E-state index in [9.17, 15) is 14.4 Å². The lowest BCUT2D eigenvalue weighted by Gasteiger charge is -2.29. The van der Waals surface area contributed by atoms with E-state index in [1.54, 1.807) is 35.0 Å². The van der Waals surface area contributed by atoms with Crippen LogP contribution in [-0.4, -0.2) is 42.8 Å². The van der Waals surface area contributed by atoms with Crippen molar-refractivity contribution < 1.29 is 14.3 Å². The van der Waals surface area contributed by atoms with Crippen molar-refractivity contribution in [2.24, 2.45) is 0 Å². The highest BCUT2D eigenvalue weighted by atomic mass is 79.9. The Kier molecular flexibility index (Phi) is 4.31. The number of esters is 1. The van der Waals surface area contributed by atoms with Crippen LogP contribution in [-0.2, 0) is 20.9 Å². The minimum atomic E-state index is -0.572. The quantitative estimate of drug-likeness (QED) is 0.682. The van der Waals surface area contributed by atoms with Gasteiger partial charge < -0.3 is 9.64 Å². The normalized spacial score (nSPS) is 24.9. The molecular formula is C17H16BrN3O4S. The molecular weight excluding hydrogens is 422 g/mol. The predicted octanol–water partition coefficient (Wildman–Crippen LogP) is 1.95. The number of nitrogens with zero attached hydrogens (tertiary/aromatic N) is 3. The maximum Gasteiger partial charge on any atom is 0.330 e. The molecule has 136 valence electrons. The highest BCUT2D eigenvalue weighted by Gasteiger charge is 2.53. The summed E-state index contributed by atoms with van der Waals surface area (Å²) in [5, 5.41) is 0. The Morgan fingerprint density at radius 3 is 3.08 bits per heavy atom. The molecule has 26 heavy (non-hydrogen) atoms. The number of thioether (sulfide) groups is 1. The van der Waals surface area contributed by atoms with Gasteiger partial charge in [-0.25, -0.2) is 9.78 Å². The fourth-order valence-electron chi connectivity index (χ4n) is 3.44. The summed E-state index contributed by atoms with van der Waals surface area (Å²) in [5.41, 5.74) is 0.610. The SMILES string of the molecule is CC12CCC(=O)N1C(C(=O)OCc1cc(=O)n3cc(Br)ccc3n1)CS2. The van der Waals surface area contributed by atoms with Crippen LogP contribution < -0.4 is 5.56 Å². The Hall–Kier alpha value is -1.87. The molecule has 4 heterocycles. The van der Waals surface area contributed by atoms with Crippen LogP contribution in [0.4, 0.5) is 0 Å². The number of carbonyl (C=O) groups is 2. The van der Waals surface area contributed by atoms with Crippen molar-refractivity contribution in [3.63, 3.8) is 0 Å². The molecule has 0 saturated carbocycles. The van der Waals surface area contributed by atoms with Gasteiger partial charge in [-0.15, -0.1) is 11.8 Å². The number of halogens is 1. The van der Waals surface area contributed by atoms with Gasteiger partial charge in [0.25, 0.3) is 5.56 Å². The lowest BCUT2D eigenvalue weighted by atomic mass is 10.2. The van der Waals surface area contributed by atoms with Gasteiger partial charge in [-0.05, 0) is 41.4 Å². The Bertz CT molecular complexity index is 978. The van der Waals surface area contributed by atoms with Crippen LogP contribution in [0.15, 0.2) is 33.7 Å². The zero-order valence-corrected chi connectivity index (χ0v) is 16.4. The summed E-state index contributed by atoms with van der Waals surface area (Å²) in [6, 6.07) is 4.27. The average Bonchev–Trinajstić information content (AvgIpc) is 3.10. The van der Waals surface area contributed by atoms with Crippen LogP contribution in [0, 0.1) is 0 Å². The molecule has 2 saturated heterocycles. The minimum absolute atomic E-state index is 0.00731. The van der Waals surface area contributed by atoms with E-state index >= 15 is 0 Å². The van der Waals surface area contributed by atoms with E-state index in [1.807, 2.05) is 6.92 Å². The second-order valence-electron chi connectivity index (χ2n) is 6.53. The van der Waals surface area contributed by atoms with Gasteiger partial charge in [-0.1, -0.05) is 0 Å². The molecule has 0 spiro atoms. The highest BCUT2D eigenvalue weighted by molar-refractivity contribution is 9.10. The zero-order valence-electron chi connectivity index (χ0n) is 14.0. The van der Waals surface area contributed by atoms with Crippen LogP contribution >= 0.6 is 27.7 Å². The summed E-state index contributed by atoms with van der Waals surface area (Å²) in [6.45, 7) is 1.89. The molecule has 9 heteroatoms.